The van der Waals surface area contributed by atoms with E-state index < -0.39 is 0 Å². The van der Waals surface area contributed by atoms with Crippen molar-refractivity contribution in [3.63, 3.8) is 0 Å². The number of phenols is 2. The fraction of sp³-hybridized carbons (Fsp3) is 0.130. The van der Waals surface area contributed by atoms with Crippen molar-refractivity contribution in [1.82, 2.24) is 0 Å². The highest BCUT2D eigenvalue weighted by Gasteiger charge is 2.33. The molecule has 0 aromatic heterocycles. The maximum atomic E-state index is 11.3. The van der Waals surface area contributed by atoms with E-state index in [2.05, 4.69) is 0 Å². The van der Waals surface area contributed by atoms with Crippen LogP contribution in [0.4, 0.5) is 0 Å². The molecule has 0 unspecified atom stereocenters. The first-order chi connectivity index (χ1) is 26.4. The molecule has 0 aliphatic heterocycles. The van der Waals surface area contributed by atoms with Crippen molar-refractivity contribution in [3.8, 4) is 79.4 Å². The van der Waals surface area contributed by atoms with Gasteiger partial charge in [-0.1, -0.05) is 97.1 Å². The fourth-order valence-corrected chi connectivity index (χ4v) is 8.09. The Labute approximate surface area is 312 Å². The molecule has 0 bridgehead atoms. The number of rotatable bonds is 9. The Morgan fingerprint density at radius 3 is 0.778 bits per heavy atom. The summed E-state index contributed by atoms with van der Waals surface area (Å²) in [5, 5.41) is 29.3. The second kappa shape index (κ2) is 13.6. The lowest BCUT2D eigenvalue weighted by Gasteiger charge is -2.26. The Morgan fingerprint density at radius 1 is 0.296 bits per heavy atom. The molecule has 270 valence electrons. The average Bonchev–Trinajstić information content (AvgIpc) is 3.21. The van der Waals surface area contributed by atoms with Crippen molar-refractivity contribution in [2.45, 2.75) is 0 Å². The van der Waals surface area contributed by atoms with Crippen LogP contribution in [-0.2, 0) is 0 Å². The molecule has 0 aliphatic rings. The van der Waals surface area contributed by atoms with Crippen LogP contribution >= 0.6 is 0 Å². The molecule has 0 amide bonds. The van der Waals surface area contributed by atoms with Gasteiger partial charge in [0.2, 0.25) is 0 Å². The number of hydrogen-bond acceptors (Lipinski definition) is 8. The van der Waals surface area contributed by atoms with Crippen LogP contribution in [-0.4, -0.2) is 52.9 Å². The van der Waals surface area contributed by atoms with Crippen LogP contribution in [0, 0.1) is 0 Å². The standard InChI is InChI=1S/C46H38O8/c1-49-41-33(47)23-25-15-7-9-17-27(25)35(41)37-29-19-11-13-21-31(29)39(45(53-5)43(37)51-3)40-32-22-14-12-20-30(32)38(44(52-4)46(40)54-6)36-28-18-10-8-16-26(28)24-34(48)42(36)50-2/h7-24,47-48H,1-6H3. The zero-order chi connectivity index (χ0) is 37.7. The van der Waals surface area contributed by atoms with Crippen LogP contribution in [0.5, 0.6) is 46.0 Å². The monoisotopic (exact) mass is 718 g/mol. The molecule has 8 heteroatoms. The summed E-state index contributed by atoms with van der Waals surface area (Å²) in [7, 11) is 9.53. The second-order valence-electron chi connectivity index (χ2n) is 12.8. The molecule has 8 rings (SSSR count). The molecule has 54 heavy (non-hydrogen) atoms. The topological polar surface area (TPSA) is 95.8 Å². The van der Waals surface area contributed by atoms with Gasteiger partial charge in [-0.15, -0.1) is 0 Å². The maximum absolute atomic E-state index is 11.3. The number of ether oxygens (including phenoxy) is 6. The summed E-state index contributed by atoms with van der Waals surface area (Å²) in [5.74, 6) is 2.40. The molecule has 2 N–H and O–H groups in total. The van der Waals surface area contributed by atoms with Gasteiger partial charge in [0.05, 0.1) is 42.7 Å². The molecule has 0 atom stereocenters. The summed E-state index contributed by atoms with van der Waals surface area (Å²) in [6.07, 6.45) is 0. The first-order valence-electron chi connectivity index (χ1n) is 17.3. The quantitative estimate of drug-likeness (QED) is 0.152. The number of benzene rings is 8. The van der Waals surface area contributed by atoms with Crippen LogP contribution in [0.25, 0.3) is 76.5 Å². The molecule has 0 spiro atoms. The van der Waals surface area contributed by atoms with Crippen LogP contribution in [0.15, 0.2) is 109 Å². The van der Waals surface area contributed by atoms with Crippen LogP contribution in [0.2, 0.25) is 0 Å². The Kier molecular flexibility index (Phi) is 8.66. The zero-order valence-corrected chi connectivity index (χ0v) is 30.7. The van der Waals surface area contributed by atoms with Gasteiger partial charge >= 0.3 is 0 Å². The number of aromatic hydroxyl groups is 2. The third kappa shape index (κ3) is 4.98. The van der Waals surface area contributed by atoms with Gasteiger partial charge in [-0.05, 0) is 55.2 Å². The number of phenolic OH excluding ortho intramolecular Hbond substituents is 2. The third-order valence-electron chi connectivity index (χ3n) is 10.2. The zero-order valence-electron chi connectivity index (χ0n) is 30.7. The predicted molar refractivity (Wildman–Crippen MR) is 215 cm³/mol. The summed E-state index contributed by atoms with van der Waals surface area (Å²) < 4.78 is 37.2. The highest BCUT2D eigenvalue weighted by atomic mass is 16.5. The van der Waals surface area contributed by atoms with Gasteiger partial charge < -0.3 is 38.6 Å². The van der Waals surface area contributed by atoms with Crippen molar-refractivity contribution < 1.29 is 38.6 Å². The summed E-state index contributed by atoms with van der Waals surface area (Å²) in [5.41, 5.74) is 4.14. The molecule has 0 saturated carbocycles. The van der Waals surface area contributed by atoms with E-state index in [1.165, 1.54) is 0 Å². The van der Waals surface area contributed by atoms with Gasteiger partial charge in [0.1, 0.15) is 0 Å². The summed E-state index contributed by atoms with van der Waals surface area (Å²) in [4.78, 5) is 0. The minimum atomic E-state index is 0.00302. The molecule has 0 aliphatic carbocycles. The predicted octanol–water partition coefficient (Wildman–Crippen LogP) is 10.8. The summed E-state index contributed by atoms with van der Waals surface area (Å²) >= 11 is 0. The molecule has 8 nitrogen and oxygen atoms in total. The number of hydrogen-bond donors (Lipinski definition) is 2. The van der Waals surface area contributed by atoms with Crippen molar-refractivity contribution in [2.24, 2.45) is 0 Å². The molecule has 0 saturated heterocycles. The number of methoxy groups -OCH3 is 6. The highest BCUT2D eigenvalue weighted by molar-refractivity contribution is 6.22. The van der Waals surface area contributed by atoms with Gasteiger partial charge in [0, 0.05) is 33.4 Å². The van der Waals surface area contributed by atoms with E-state index in [0.717, 1.165) is 43.1 Å². The van der Waals surface area contributed by atoms with E-state index in [4.69, 9.17) is 28.4 Å². The lowest BCUT2D eigenvalue weighted by Crippen LogP contribution is -2.03. The van der Waals surface area contributed by atoms with E-state index >= 15 is 0 Å². The fourth-order valence-electron chi connectivity index (χ4n) is 8.09. The molecule has 0 radical (unpaired) electrons. The highest BCUT2D eigenvalue weighted by Crippen LogP contribution is 2.61. The Bertz CT molecular complexity index is 2580. The lowest BCUT2D eigenvalue weighted by molar-refractivity contribution is 0.353. The largest absolute Gasteiger partial charge is 0.504 e. The van der Waals surface area contributed by atoms with Gasteiger partial charge in [0.25, 0.3) is 0 Å². The van der Waals surface area contributed by atoms with Gasteiger partial charge in [-0.2, -0.15) is 0 Å². The Balaban J connectivity index is 1.59. The van der Waals surface area contributed by atoms with E-state index in [1.54, 1.807) is 54.8 Å². The lowest BCUT2D eigenvalue weighted by atomic mass is 9.83. The smallest absolute Gasteiger partial charge is 0.169 e. The Morgan fingerprint density at radius 2 is 0.519 bits per heavy atom. The first kappa shape index (κ1) is 34.3. The van der Waals surface area contributed by atoms with Crippen molar-refractivity contribution >= 4 is 43.1 Å². The van der Waals surface area contributed by atoms with Gasteiger partial charge in [0.15, 0.2) is 46.0 Å². The average molecular weight is 719 g/mol. The van der Waals surface area contributed by atoms with E-state index in [-0.39, 0.29) is 11.5 Å². The van der Waals surface area contributed by atoms with Crippen molar-refractivity contribution in [3.05, 3.63) is 109 Å². The third-order valence-corrected chi connectivity index (χ3v) is 10.2. The van der Waals surface area contributed by atoms with E-state index in [0.29, 0.717) is 67.9 Å². The SMILES string of the molecule is COc1c(O)cc2ccccc2c1-c1c(OC)c(OC)c(-c2c(OC)c(OC)c(-c3c(OC)c(O)cc4ccccc34)c3ccccc23)c2ccccc12. The number of fused-ring (bicyclic) bond motifs is 4. The Hall–Kier alpha value is -6.80. The van der Waals surface area contributed by atoms with Crippen molar-refractivity contribution in [1.29, 1.82) is 0 Å². The molecule has 8 aromatic carbocycles. The van der Waals surface area contributed by atoms with Gasteiger partial charge in [-0.3, -0.25) is 0 Å². The summed E-state index contributed by atoms with van der Waals surface area (Å²) in [6.45, 7) is 0. The van der Waals surface area contributed by atoms with E-state index in [1.807, 2.05) is 97.1 Å². The molecule has 8 aromatic rings. The molecular formula is C46H38O8. The second-order valence-corrected chi connectivity index (χ2v) is 12.8. The summed E-state index contributed by atoms with van der Waals surface area (Å²) in [6, 6.07) is 35.1. The van der Waals surface area contributed by atoms with Gasteiger partial charge in [-0.25, -0.2) is 0 Å². The van der Waals surface area contributed by atoms with Crippen LogP contribution in [0.1, 0.15) is 0 Å². The molecule has 0 heterocycles. The maximum Gasteiger partial charge on any atom is 0.169 e. The minimum absolute atomic E-state index is 0.00302. The molecular weight excluding hydrogens is 680 g/mol. The van der Waals surface area contributed by atoms with Crippen molar-refractivity contribution in [2.75, 3.05) is 42.7 Å². The first-order valence-corrected chi connectivity index (χ1v) is 17.3. The molecule has 0 fully saturated rings. The van der Waals surface area contributed by atoms with Crippen LogP contribution < -0.4 is 28.4 Å². The normalized spacial score (nSPS) is 11.3. The minimum Gasteiger partial charge on any atom is -0.504 e. The van der Waals surface area contributed by atoms with Crippen LogP contribution in [0.3, 0.4) is 0 Å². The van der Waals surface area contributed by atoms with E-state index in [9.17, 15) is 10.2 Å².